The molecule has 3 N–H and O–H groups in total. The van der Waals surface area contributed by atoms with Crippen molar-refractivity contribution in [3.05, 3.63) is 48.6 Å². The van der Waals surface area contributed by atoms with E-state index in [2.05, 4.69) is 74.7 Å². The normalized spacial score (nSPS) is 13.5. The van der Waals surface area contributed by atoms with E-state index in [1.54, 1.807) is 0 Å². The molecule has 0 aliphatic heterocycles. The van der Waals surface area contributed by atoms with E-state index in [1.165, 1.54) is 154 Å². The minimum absolute atomic E-state index is 0.0675. The second-order valence-corrected chi connectivity index (χ2v) is 19.0. The summed E-state index contributed by atoms with van der Waals surface area (Å²) in [7, 11) is 0. The highest BCUT2D eigenvalue weighted by Gasteiger charge is 2.24. The molecular weight excluding hydrogens is 791 g/mol. The largest absolute Gasteiger partial charge is 0.462 e. The SMILES string of the molecule is CCCCC/C=C\C/C=C\C/C=C\CCCCCCCCC(=O)OC(CCCCCCC/C=C/CCCCCCCC)CC(=O)NC(CO)C(O)CCCCCCCCCCCCC. The third kappa shape index (κ3) is 46.4. The number of aliphatic hydroxyl groups is 2. The number of ether oxygens (including phenoxy) is 1. The summed E-state index contributed by atoms with van der Waals surface area (Å²) < 4.78 is 5.95. The summed E-state index contributed by atoms with van der Waals surface area (Å²) in [5.41, 5.74) is 0. The molecule has 0 bridgehead atoms. The number of unbranched alkanes of at least 4 members (excludes halogenated alkanes) is 30. The Hall–Kier alpha value is -2.18. The number of nitrogens with one attached hydrogen (secondary N) is 1. The van der Waals surface area contributed by atoms with Gasteiger partial charge in [-0.2, -0.15) is 0 Å². The molecule has 0 heterocycles. The molecule has 0 radical (unpaired) electrons. The number of hydrogen-bond donors (Lipinski definition) is 3. The van der Waals surface area contributed by atoms with Crippen molar-refractivity contribution in [2.45, 2.75) is 302 Å². The molecule has 6 heteroatoms. The van der Waals surface area contributed by atoms with Crippen LogP contribution in [0.1, 0.15) is 284 Å². The number of carbonyl (C=O) groups is 2. The molecule has 0 aromatic rings. The molecule has 3 atom stereocenters. The number of esters is 1. The van der Waals surface area contributed by atoms with E-state index in [9.17, 15) is 19.8 Å². The Balaban J connectivity index is 4.58. The van der Waals surface area contributed by atoms with Gasteiger partial charge in [0, 0.05) is 6.42 Å². The average Bonchev–Trinajstić information content (AvgIpc) is 3.29. The smallest absolute Gasteiger partial charge is 0.306 e. The molecule has 64 heavy (non-hydrogen) atoms. The lowest BCUT2D eigenvalue weighted by Crippen LogP contribution is -2.46. The lowest BCUT2D eigenvalue weighted by atomic mass is 10.0. The van der Waals surface area contributed by atoms with Crippen molar-refractivity contribution in [3.63, 3.8) is 0 Å². The summed E-state index contributed by atoms with van der Waals surface area (Å²) in [5, 5.41) is 23.8. The summed E-state index contributed by atoms with van der Waals surface area (Å²) in [4.78, 5) is 26.2. The fraction of sp³-hybridized carbons (Fsp3) is 0.828. The van der Waals surface area contributed by atoms with Gasteiger partial charge in [0.05, 0.1) is 25.2 Å². The van der Waals surface area contributed by atoms with Crippen LogP contribution in [0.4, 0.5) is 0 Å². The first-order chi connectivity index (χ1) is 31.5. The molecule has 374 valence electrons. The van der Waals surface area contributed by atoms with Crippen LogP contribution in [0.25, 0.3) is 0 Å². The van der Waals surface area contributed by atoms with Gasteiger partial charge in [-0.25, -0.2) is 0 Å². The first-order valence-electron chi connectivity index (χ1n) is 27.9. The Morgan fingerprint density at radius 2 is 0.797 bits per heavy atom. The molecule has 6 nitrogen and oxygen atoms in total. The standard InChI is InChI=1S/C58H107NO5/c1-4-7-10-13-16-19-22-24-26-27-28-29-31-33-36-39-42-45-48-51-58(63)64-54(49-46-43-40-37-35-32-30-25-23-20-17-14-11-8-5-2)52-57(62)59-55(53-60)56(61)50-47-44-41-38-34-21-18-15-12-9-6-3/h16,19,24-26,28-30,54-56,60-61H,4-15,17-18,20-23,27,31-53H2,1-3H3,(H,59,62)/b19-16-,26-24-,29-28-,30-25+. The lowest BCUT2D eigenvalue weighted by molar-refractivity contribution is -0.151. The Morgan fingerprint density at radius 1 is 0.453 bits per heavy atom. The van der Waals surface area contributed by atoms with Crippen molar-refractivity contribution in [2.24, 2.45) is 0 Å². The Kier molecular flexibility index (Phi) is 50.0. The van der Waals surface area contributed by atoms with Crippen molar-refractivity contribution in [3.8, 4) is 0 Å². The molecular formula is C58H107NO5. The van der Waals surface area contributed by atoms with Gasteiger partial charge in [0.1, 0.15) is 6.10 Å². The predicted molar refractivity (Wildman–Crippen MR) is 278 cm³/mol. The summed E-state index contributed by atoms with van der Waals surface area (Å²) >= 11 is 0. The predicted octanol–water partition coefficient (Wildman–Crippen LogP) is 17.0. The molecule has 0 rings (SSSR count). The van der Waals surface area contributed by atoms with E-state index in [-0.39, 0.29) is 24.9 Å². The van der Waals surface area contributed by atoms with Crippen LogP contribution in [-0.4, -0.2) is 46.9 Å². The molecule has 0 fully saturated rings. The summed E-state index contributed by atoms with van der Waals surface area (Å²) in [5.74, 6) is -0.488. The molecule has 0 aromatic carbocycles. The van der Waals surface area contributed by atoms with Gasteiger partial charge in [-0.05, 0) is 89.9 Å². The molecule has 3 unspecified atom stereocenters. The fourth-order valence-electron chi connectivity index (χ4n) is 8.37. The van der Waals surface area contributed by atoms with Crippen molar-refractivity contribution >= 4 is 11.9 Å². The highest BCUT2D eigenvalue weighted by molar-refractivity contribution is 5.77. The highest BCUT2D eigenvalue weighted by atomic mass is 16.5. The maximum absolute atomic E-state index is 13.2. The van der Waals surface area contributed by atoms with Gasteiger partial charge >= 0.3 is 5.97 Å². The molecule has 0 saturated carbocycles. The van der Waals surface area contributed by atoms with Crippen molar-refractivity contribution in [1.29, 1.82) is 0 Å². The highest BCUT2D eigenvalue weighted by Crippen LogP contribution is 2.18. The minimum Gasteiger partial charge on any atom is -0.462 e. The maximum Gasteiger partial charge on any atom is 0.306 e. The molecule has 0 saturated heterocycles. The van der Waals surface area contributed by atoms with Gasteiger partial charge in [0.15, 0.2) is 0 Å². The molecule has 0 aliphatic rings. The van der Waals surface area contributed by atoms with Crippen LogP contribution in [0.2, 0.25) is 0 Å². The molecule has 1 amide bonds. The first kappa shape index (κ1) is 61.8. The maximum atomic E-state index is 13.2. The van der Waals surface area contributed by atoms with Gasteiger partial charge in [0.25, 0.3) is 0 Å². The Bertz CT molecular complexity index is 1100. The second kappa shape index (κ2) is 51.8. The topological polar surface area (TPSA) is 95.9 Å². The zero-order valence-corrected chi connectivity index (χ0v) is 42.7. The number of rotatable bonds is 50. The van der Waals surface area contributed by atoms with Crippen LogP contribution < -0.4 is 5.32 Å². The van der Waals surface area contributed by atoms with Crippen molar-refractivity contribution in [2.75, 3.05) is 6.61 Å². The van der Waals surface area contributed by atoms with Crippen molar-refractivity contribution in [1.82, 2.24) is 5.32 Å². The quantitative estimate of drug-likeness (QED) is 0.0321. The number of allylic oxidation sites excluding steroid dienone is 8. The summed E-state index contributed by atoms with van der Waals surface area (Å²) in [6, 6.07) is -0.706. The first-order valence-corrected chi connectivity index (χ1v) is 27.9. The van der Waals surface area contributed by atoms with Crippen LogP contribution in [0.3, 0.4) is 0 Å². The zero-order chi connectivity index (χ0) is 46.7. The minimum atomic E-state index is -0.791. The molecule has 0 spiro atoms. The van der Waals surface area contributed by atoms with Crippen LogP contribution in [0, 0.1) is 0 Å². The summed E-state index contributed by atoms with van der Waals surface area (Å²) in [6.45, 7) is 6.46. The Morgan fingerprint density at radius 3 is 1.25 bits per heavy atom. The lowest BCUT2D eigenvalue weighted by Gasteiger charge is -2.24. The number of carbonyl (C=O) groups excluding carboxylic acids is 2. The van der Waals surface area contributed by atoms with E-state index < -0.39 is 18.2 Å². The summed E-state index contributed by atoms with van der Waals surface area (Å²) in [6.07, 6.45) is 63.1. The van der Waals surface area contributed by atoms with E-state index in [0.717, 1.165) is 83.5 Å². The van der Waals surface area contributed by atoms with E-state index >= 15 is 0 Å². The second-order valence-electron chi connectivity index (χ2n) is 19.0. The zero-order valence-electron chi connectivity index (χ0n) is 42.7. The van der Waals surface area contributed by atoms with Gasteiger partial charge in [0.2, 0.25) is 5.91 Å². The van der Waals surface area contributed by atoms with Gasteiger partial charge in [-0.3, -0.25) is 9.59 Å². The third-order valence-corrected chi connectivity index (χ3v) is 12.6. The number of aliphatic hydroxyl groups excluding tert-OH is 2. The fourth-order valence-corrected chi connectivity index (χ4v) is 8.37. The van der Waals surface area contributed by atoms with Crippen molar-refractivity contribution < 1.29 is 24.5 Å². The third-order valence-electron chi connectivity index (χ3n) is 12.6. The van der Waals surface area contributed by atoms with Gasteiger partial charge in [-0.15, -0.1) is 0 Å². The van der Waals surface area contributed by atoms with Crippen LogP contribution in [-0.2, 0) is 14.3 Å². The molecule has 0 aliphatic carbocycles. The van der Waals surface area contributed by atoms with E-state index in [1.807, 2.05) is 0 Å². The van der Waals surface area contributed by atoms with Gasteiger partial charge < -0.3 is 20.3 Å². The van der Waals surface area contributed by atoms with Crippen LogP contribution in [0.5, 0.6) is 0 Å². The molecule has 0 aromatic heterocycles. The van der Waals surface area contributed by atoms with Crippen LogP contribution in [0.15, 0.2) is 48.6 Å². The van der Waals surface area contributed by atoms with E-state index in [0.29, 0.717) is 19.3 Å². The van der Waals surface area contributed by atoms with E-state index in [4.69, 9.17) is 4.74 Å². The van der Waals surface area contributed by atoms with Gasteiger partial charge in [-0.1, -0.05) is 230 Å². The Labute approximate surface area is 397 Å². The van der Waals surface area contributed by atoms with Crippen LogP contribution >= 0.6 is 0 Å². The monoisotopic (exact) mass is 898 g/mol. The number of hydrogen-bond acceptors (Lipinski definition) is 5. The average molecular weight is 898 g/mol. The number of amides is 1.